The van der Waals surface area contributed by atoms with E-state index in [1.807, 2.05) is 34.1 Å². The first-order valence-corrected chi connectivity index (χ1v) is 11.3. The number of carbonyl (C=O) groups excluding carboxylic acids is 2. The van der Waals surface area contributed by atoms with Gasteiger partial charge in [0.1, 0.15) is 5.82 Å². The van der Waals surface area contributed by atoms with Gasteiger partial charge in [0.05, 0.1) is 12.2 Å². The number of hydrogen-bond donors (Lipinski definition) is 0. The summed E-state index contributed by atoms with van der Waals surface area (Å²) in [6, 6.07) is 12.7. The minimum Gasteiger partial charge on any atom is -0.367 e. The minimum absolute atomic E-state index is 0.104. The molecular formula is C25H28FN3O2. The molecule has 0 unspecified atom stereocenters. The van der Waals surface area contributed by atoms with Crippen molar-refractivity contribution in [1.29, 1.82) is 0 Å². The molecule has 0 N–H and O–H groups in total. The third-order valence-electron chi connectivity index (χ3n) is 6.65. The first-order chi connectivity index (χ1) is 15.1. The molecule has 2 heterocycles. The van der Waals surface area contributed by atoms with Gasteiger partial charge < -0.3 is 9.80 Å². The molecule has 0 bridgehead atoms. The SMILES string of the molecule is O=C(CN1CCN(c2ccccc2F)CC1)c1ccc2c(c1)CCCN2C(=O)C1CC1. The molecule has 0 aromatic heterocycles. The molecule has 0 spiro atoms. The zero-order valence-corrected chi connectivity index (χ0v) is 17.7. The number of rotatable bonds is 5. The van der Waals surface area contributed by atoms with Crippen LogP contribution in [0.3, 0.4) is 0 Å². The lowest BCUT2D eigenvalue weighted by molar-refractivity contribution is -0.119. The van der Waals surface area contributed by atoms with Crippen LogP contribution >= 0.6 is 0 Å². The summed E-state index contributed by atoms with van der Waals surface area (Å²) >= 11 is 0. The quantitative estimate of drug-likeness (QED) is 0.693. The molecule has 1 saturated carbocycles. The number of anilines is 2. The molecule has 3 aliphatic rings. The van der Waals surface area contributed by atoms with Crippen LogP contribution in [0.5, 0.6) is 0 Å². The maximum Gasteiger partial charge on any atom is 0.230 e. The largest absolute Gasteiger partial charge is 0.367 e. The molecule has 2 fully saturated rings. The highest BCUT2D eigenvalue weighted by Crippen LogP contribution is 2.36. The third kappa shape index (κ3) is 4.22. The minimum atomic E-state index is -0.199. The lowest BCUT2D eigenvalue weighted by Crippen LogP contribution is -2.48. The third-order valence-corrected chi connectivity index (χ3v) is 6.65. The van der Waals surface area contributed by atoms with Crippen molar-refractivity contribution in [3.8, 4) is 0 Å². The predicted octanol–water partition coefficient (Wildman–Crippen LogP) is 3.52. The summed E-state index contributed by atoms with van der Waals surface area (Å²) in [5.74, 6) is 0.353. The van der Waals surface area contributed by atoms with Crippen molar-refractivity contribution in [3.63, 3.8) is 0 Å². The Balaban J connectivity index is 1.21. The number of para-hydroxylation sites is 1. The number of fused-ring (bicyclic) bond motifs is 1. The van der Waals surface area contributed by atoms with E-state index in [0.717, 1.165) is 62.1 Å². The van der Waals surface area contributed by atoms with Crippen molar-refractivity contribution in [1.82, 2.24) is 4.90 Å². The molecule has 1 saturated heterocycles. The van der Waals surface area contributed by atoms with Crippen molar-refractivity contribution < 1.29 is 14.0 Å². The van der Waals surface area contributed by atoms with E-state index in [4.69, 9.17) is 0 Å². The van der Waals surface area contributed by atoms with Gasteiger partial charge in [-0.25, -0.2) is 4.39 Å². The van der Waals surface area contributed by atoms with Crippen LogP contribution in [0.4, 0.5) is 15.8 Å². The van der Waals surface area contributed by atoms with Gasteiger partial charge in [-0.05, 0) is 61.6 Å². The van der Waals surface area contributed by atoms with E-state index in [0.29, 0.717) is 25.3 Å². The number of aryl methyl sites for hydroxylation is 1. The Morgan fingerprint density at radius 1 is 0.935 bits per heavy atom. The maximum absolute atomic E-state index is 14.0. The van der Waals surface area contributed by atoms with Gasteiger partial charge in [0.15, 0.2) is 5.78 Å². The Hall–Kier alpha value is -2.73. The number of Topliss-reactive ketones (excluding diaryl/α,β-unsaturated/α-hetero) is 1. The van der Waals surface area contributed by atoms with Crippen molar-refractivity contribution in [2.75, 3.05) is 49.1 Å². The molecule has 0 atom stereocenters. The second kappa shape index (κ2) is 8.42. The average molecular weight is 422 g/mol. The highest BCUT2D eigenvalue weighted by atomic mass is 19.1. The average Bonchev–Trinajstić information content (AvgIpc) is 3.64. The van der Waals surface area contributed by atoms with Gasteiger partial charge in [0, 0.05) is 49.9 Å². The molecule has 31 heavy (non-hydrogen) atoms. The van der Waals surface area contributed by atoms with Crippen LogP contribution < -0.4 is 9.80 Å². The molecule has 2 aromatic rings. The van der Waals surface area contributed by atoms with Crippen LogP contribution in [0.25, 0.3) is 0 Å². The number of amides is 1. The lowest BCUT2D eigenvalue weighted by atomic mass is 9.97. The van der Waals surface area contributed by atoms with Crippen molar-refractivity contribution in [2.45, 2.75) is 25.7 Å². The van der Waals surface area contributed by atoms with Gasteiger partial charge in [-0.2, -0.15) is 0 Å². The fraction of sp³-hybridized carbons (Fsp3) is 0.440. The molecule has 5 rings (SSSR count). The number of ketones is 1. The number of carbonyl (C=O) groups is 2. The highest BCUT2D eigenvalue weighted by Gasteiger charge is 2.35. The fourth-order valence-electron chi connectivity index (χ4n) is 4.70. The number of hydrogen-bond acceptors (Lipinski definition) is 4. The van der Waals surface area contributed by atoms with Crippen LogP contribution in [0.2, 0.25) is 0 Å². The highest BCUT2D eigenvalue weighted by molar-refractivity contribution is 6.00. The molecule has 5 nitrogen and oxygen atoms in total. The first kappa shape index (κ1) is 20.2. The smallest absolute Gasteiger partial charge is 0.230 e. The van der Waals surface area contributed by atoms with Crippen LogP contribution in [-0.2, 0) is 11.2 Å². The monoisotopic (exact) mass is 421 g/mol. The molecule has 162 valence electrons. The van der Waals surface area contributed by atoms with Crippen LogP contribution in [-0.4, -0.2) is 55.9 Å². The Bertz CT molecular complexity index is 996. The standard InChI is InChI=1S/C25H28FN3O2/c26-21-5-1-2-6-23(21)28-14-12-27(13-15-28)17-24(30)20-9-10-22-19(16-20)4-3-11-29(22)25(31)18-7-8-18/h1-2,5-6,9-10,16,18H,3-4,7-8,11-15,17H2. The lowest BCUT2D eigenvalue weighted by Gasteiger charge is -2.36. The Morgan fingerprint density at radius 3 is 2.45 bits per heavy atom. The Labute approximate surface area is 182 Å². The predicted molar refractivity (Wildman–Crippen MR) is 119 cm³/mol. The van der Waals surface area contributed by atoms with Crippen LogP contribution in [0, 0.1) is 11.7 Å². The summed E-state index contributed by atoms with van der Waals surface area (Å²) in [5, 5.41) is 0. The first-order valence-electron chi connectivity index (χ1n) is 11.3. The molecule has 2 aromatic carbocycles. The van der Waals surface area contributed by atoms with E-state index in [1.165, 1.54) is 6.07 Å². The zero-order chi connectivity index (χ0) is 21.4. The van der Waals surface area contributed by atoms with E-state index in [9.17, 15) is 14.0 Å². The number of benzene rings is 2. The van der Waals surface area contributed by atoms with Gasteiger partial charge in [-0.1, -0.05) is 12.1 Å². The summed E-state index contributed by atoms with van der Waals surface area (Å²) in [6.45, 7) is 4.02. The summed E-state index contributed by atoms with van der Waals surface area (Å²) in [4.78, 5) is 31.6. The molecule has 1 amide bonds. The van der Waals surface area contributed by atoms with E-state index in [2.05, 4.69) is 4.90 Å². The Morgan fingerprint density at radius 2 is 1.71 bits per heavy atom. The van der Waals surface area contributed by atoms with Crippen LogP contribution in [0.1, 0.15) is 35.2 Å². The molecule has 6 heteroatoms. The summed E-state index contributed by atoms with van der Waals surface area (Å²) in [7, 11) is 0. The summed E-state index contributed by atoms with van der Waals surface area (Å²) in [6.07, 6.45) is 3.87. The molecule has 2 aliphatic heterocycles. The summed E-state index contributed by atoms with van der Waals surface area (Å²) < 4.78 is 14.0. The van der Waals surface area contributed by atoms with E-state index in [1.54, 1.807) is 12.1 Å². The van der Waals surface area contributed by atoms with Gasteiger partial charge >= 0.3 is 0 Å². The Kier molecular flexibility index (Phi) is 5.48. The number of nitrogens with zero attached hydrogens (tertiary/aromatic N) is 3. The van der Waals surface area contributed by atoms with Crippen molar-refractivity contribution in [3.05, 3.63) is 59.4 Å². The number of halogens is 1. The van der Waals surface area contributed by atoms with Crippen molar-refractivity contribution >= 4 is 23.1 Å². The maximum atomic E-state index is 14.0. The second-order valence-electron chi connectivity index (χ2n) is 8.85. The van der Waals surface area contributed by atoms with Gasteiger partial charge in [0.25, 0.3) is 0 Å². The summed E-state index contributed by atoms with van der Waals surface area (Å²) in [5.41, 5.74) is 3.44. The molecular weight excluding hydrogens is 393 g/mol. The van der Waals surface area contributed by atoms with E-state index >= 15 is 0 Å². The van der Waals surface area contributed by atoms with Crippen LogP contribution in [0.15, 0.2) is 42.5 Å². The van der Waals surface area contributed by atoms with Gasteiger partial charge in [0.2, 0.25) is 5.91 Å². The molecule has 0 radical (unpaired) electrons. The van der Waals surface area contributed by atoms with E-state index in [-0.39, 0.29) is 23.4 Å². The topological polar surface area (TPSA) is 43.9 Å². The number of piperazine rings is 1. The zero-order valence-electron chi connectivity index (χ0n) is 17.7. The van der Waals surface area contributed by atoms with Crippen molar-refractivity contribution in [2.24, 2.45) is 5.92 Å². The van der Waals surface area contributed by atoms with Gasteiger partial charge in [-0.15, -0.1) is 0 Å². The van der Waals surface area contributed by atoms with E-state index < -0.39 is 0 Å². The van der Waals surface area contributed by atoms with Gasteiger partial charge in [-0.3, -0.25) is 14.5 Å². The fourth-order valence-corrected chi connectivity index (χ4v) is 4.70. The normalized spacial score (nSPS) is 19.3. The molecule has 1 aliphatic carbocycles. The second-order valence-corrected chi connectivity index (χ2v) is 8.85.